The van der Waals surface area contributed by atoms with Crippen molar-refractivity contribution >= 4 is 6.29 Å². The molecule has 1 aromatic carbocycles. The van der Waals surface area contributed by atoms with Crippen LogP contribution in [0.25, 0.3) is 0 Å². The smallest absolute Gasteiger partial charge is 0.150 e. The van der Waals surface area contributed by atoms with Crippen LogP contribution in [0.4, 0.5) is 0 Å². The van der Waals surface area contributed by atoms with Crippen LogP contribution in [0.3, 0.4) is 0 Å². The van der Waals surface area contributed by atoms with E-state index in [1.807, 2.05) is 44.1 Å². The van der Waals surface area contributed by atoms with Crippen molar-refractivity contribution in [2.45, 2.75) is 13.0 Å². The molecule has 0 spiro atoms. The predicted molar refractivity (Wildman–Crippen MR) is 58.4 cm³/mol. The number of nitrogens with zero attached hydrogens (tertiary/aromatic N) is 1. The first kappa shape index (κ1) is 10.9. The fourth-order valence-corrected chi connectivity index (χ4v) is 1.44. The first-order valence-electron chi connectivity index (χ1n) is 4.62. The van der Waals surface area contributed by atoms with E-state index in [9.17, 15) is 4.79 Å². The molecule has 1 rings (SSSR count). The maximum absolute atomic E-state index is 10.7. The third kappa shape index (κ3) is 2.02. The third-order valence-electron chi connectivity index (χ3n) is 2.53. The van der Waals surface area contributed by atoms with Crippen molar-refractivity contribution in [3.8, 4) is 0 Å². The molecule has 0 aliphatic heterocycles. The van der Waals surface area contributed by atoms with Gasteiger partial charge in [-0.1, -0.05) is 18.2 Å². The van der Waals surface area contributed by atoms with Gasteiger partial charge in [0, 0.05) is 11.6 Å². The van der Waals surface area contributed by atoms with Crippen LogP contribution in [-0.2, 0) is 0 Å². The van der Waals surface area contributed by atoms with Gasteiger partial charge in [0.2, 0.25) is 0 Å². The van der Waals surface area contributed by atoms with Gasteiger partial charge in [-0.2, -0.15) is 0 Å². The lowest BCUT2D eigenvalue weighted by atomic mass is 9.98. The summed E-state index contributed by atoms with van der Waals surface area (Å²) < 4.78 is 0. The number of carbonyl (C=O) groups excluding carboxylic acids is 1. The second kappa shape index (κ2) is 4.38. The molecule has 1 unspecified atom stereocenters. The Kier molecular flexibility index (Phi) is 3.42. The lowest BCUT2D eigenvalue weighted by Crippen LogP contribution is -2.18. The van der Waals surface area contributed by atoms with Crippen LogP contribution in [0.2, 0.25) is 0 Å². The molecule has 0 saturated heterocycles. The Balaban J connectivity index is 3.15. The molecule has 2 nitrogen and oxygen atoms in total. The molecule has 0 aromatic heterocycles. The van der Waals surface area contributed by atoms with Crippen molar-refractivity contribution in [2.24, 2.45) is 0 Å². The second-order valence-electron chi connectivity index (χ2n) is 3.66. The van der Waals surface area contributed by atoms with Gasteiger partial charge in [0.1, 0.15) is 6.29 Å². The molecule has 14 heavy (non-hydrogen) atoms. The Hall–Kier alpha value is -1.15. The molecule has 1 radical (unpaired) electrons. The van der Waals surface area contributed by atoms with Gasteiger partial charge in [-0.15, -0.1) is 0 Å². The van der Waals surface area contributed by atoms with Crippen LogP contribution in [-0.4, -0.2) is 25.3 Å². The third-order valence-corrected chi connectivity index (χ3v) is 2.53. The highest BCUT2D eigenvalue weighted by atomic mass is 16.1. The van der Waals surface area contributed by atoms with Crippen LogP contribution in [0.1, 0.15) is 27.5 Å². The van der Waals surface area contributed by atoms with Crippen molar-refractivity contribution in [3.05, 3.63) is 41.8 Å². The van der Waals surface area contributed by atoms with Crippen LogP contribution >= 0.6 is 0 Å². The average molecular weight is 190 g/mol. The quantitative estimate of drug-likeness (QED) is 0.681. The fourth-order valence-electron chi connectivity index (χ4n) is 1.44. The minimum Gasteiger partial charge on any atom is -0.302 e. The van der Waals surface area contributed by atoms with Gasteiger partial charge < -0.3 is 4.90 Å². The van der Waals surface area contributed by atoms with E-state index in [1.165, 1.54) is 0 Å². The summed E-state index contributed by atoms with van der Waals surface area (Å²) in [6.07, 6.45) is 0.890. The minimum atomic E-state index is 0.0925. The molecule has 0 fully saturated rings. The number of hydrogen-bond donors (Lipinski definition) is 0. The summed E-state index contributed by atoms with van der Waals surface area (Å²) in [5.41, 5.74) is 2.88. The summed E-state index contributed by atoms with van der Waals surface area (Å²) in [6.45, 7) is 6.01. The van der Waals surface area contributed by atoms with E-state index in [-0.39, 0.29) is 6.04 Å². The summed E-state index contributed by atoms with van der Waals surface area (Å²) in [7, 11) is 3.95. The van der Waals surface area contributed by atoms with Crippen LogP contribution in [0, 0.1) is 13.8 Å². The summed E-state index contributed by atoms with van der Waals surface area (Å²) in [5.74, 6) is 0. The summed E-state index contributed by atoms with van der Waals surface area (Å²) in [5, 5.41) is 0. The van der Waals surface area contributed by atoms with Crippen LogP contribution in [0.5, 0.6) is 0 Å². The van der Waals surface area contributed by atoms with E-state index < -0.39 is 0 Å². The standard InChI is InChI=1S/C12H16NO/c1-9-11(8-14)6-5-7-12(9)10(2)13(3)4/h5-8,10H,2H2,1,3-4H3. The van der Waals surface area contributed by atoms with Gasteiger partial charge in [-0.25, -0.2) is 0 Å². The summed E-state index contributed by atoms with van der Waals surface area (Å²) >= 11 is 0. The van der Waals surface area contributed by atoms with Gasteiger partial charge in [-0.3, -0.25) is 4.79 Å². The SMILES string of the molecule is [CH2]C(c1cccc(C=O)c1C)N(C)C. The Morgan fingerprint density at radius 3 is 2.57 bits per heavy atom. The maximum atomic E-state index is 10.7. The molecule has 0 aliphatic carbocycles. The number of benzene rings is 1. The van der Waals surface area contributed by atoms with E-state index in [1.54, 1.807) is 0 Å². The zero-order valence-electron chi connectivity index (χ0n) is 8.95. The highest BCUT2D eigenvalue weighted by Crippen LogP contribution is 2.22. The highest BCUT2D eigenvalue weighted by Gasteiger charge is 2.11. The normalized spacial score (nSPS) is 12.9. The molecule has 1 atom stereocenters. The average Bonchev–Trinajstić information content (AvgIpc) is 2.17. The van der Waals surface area contributed by atoms with E-state index in [0.717, 1.165) is 23.0 Å². The van der Waals surface area contributed by atoms with E-state index in [4.69, 9.17) is 0 Å². The monoisotopic (exact) mass is 190 g/mol. The Morgan fingerprint density at radius 2 is 2.07 bits per heavy atom. The second-order valence-corrected chi connectivity index (χ2v) is 3.66. The lowest BCUT2D eigenvalue weighted by molar-refractivity contribution is 0.112. The molecule has 0 amide bonds. The molecule has 0 heterocycles. The van der Waals surface area contributed by atoms with Gasteiger partial charge in [0.15, 0.2) is 0 Å². The van der Waals surface area contributed by atoms with E-state index >= 15 is 0 Å². The molecular weight excluding hydrogens is 174 g/mol. The van der Waals surface area contributed by atoms with Crippen molar-refractivity contribution in [3.63, 3.8) is 0 Å². The molecule has 1 aromatic rings. The van der Waals surface area contributed by atoms with E-state index in [2.05, 4.69) is 6.92 Å². The minimum absolute atomic E-state index is 0.0925. The van der Waals surface area contributed by atoms with Crippen molar-refractivity contribution < 1.29 is 4.79 Å². The maximum Gasteiger partial charge on any atom is 0.150 e. The number of rotatable bonds is 3. The largest absolute Gasteiger partial charge is 0.302 e. The van der Waals surface area contributed by atoms with Crippen molar-refractivity contribution in [2.75, 3.05) is 14.1 Å². The van der Waals surface area contributed by atoms with Crippen LogP contribution in [0.15, 0.2) is 18.2 Å². The first-order valence-corrected chi connectivity index (χ1v) is 4.62. The first-order chi connectivity index (χ1) is 6.57. The van der Waals surface area contributed by atoms with Crippen molar-refractivity contribution in [1.82, 2.24) is 4.90 Å². The van der Waals surface area contributed by atoms with Gasteiger partial charge in [0.25, 0.3) is 0 Å². The molecule has 0 aliphatic rings. The molecule has 0 bridgehead atoms. The van der Waals surface area contributed by atoms with Crippen molar-refractivity contribution in [1.29, 1.82) is 0 Å². The number of carbonyl (C=O) groups is 1. The predicted octanol–water partition coefficient (Wildman–Crippen LogP) is 2.24. The Morgan fingerprint density at radius 1 is 1.43 bits per heavy atom. The molecule has 0 saturated carbocycles. The zero-order chi connectivity index (χ0) is 10.7. The molecule has 0 N–H and O–H groups in total. The zero-order valence-corrected chi connectivity index (χ0v) is 8.95. The Labute approximate surface area is 85.5 Å². The van der Waals surface area contributed by atoms with Gasteiger partial charge in [-0.05, 0) is 39.1 Å². The van der Waals surface area contributed by atoms with Gasteiger partial charge >= 0.3 is 0 Å². The van der Waals surface area contributed by atoms with Gasteiger partial charge in [0.05, 0.1) is 0 Å². The lowest BCUT2D eigenvalue weighted by Gasteiger charge is -2.22. The van der Waals surface area contributed by atoms with Crippen LogP contribution < -0.4 is 0 Å². The molecule has 2 heteroatoms. The summed E-state index contributed by atoms with van der Waals surface area (Å²) in [6, 6.07) is 5.83. The summed E-state index contributed by atoms with van der Waals surface area (Å²) in [4.78, 5) is 12.8. The number of aldehydes is 1. The Bertz CT molecular complexity index is 331. The highest BCUT2D eigenvalue weighted by molar-refractivity contribution is 5.77. The number of hydrogen-bond acceptors (Lipinski definition) is 2. The fraction of sp³-hybridized carbons (Fsp3) is 0.333. The topological polar surface area (TPSA) is 20.3 Å². The molecular formula is C12H16NO. The molecule has 75 valence electrons. The van der Waals surface area contributed by atoms with E-state index in [0.29, 0.717) is 0 Å².